The molecule has 1 aromatic heterocycles. The summed E-state index contributed by atoms with van der Waals surface area (Å²) in [6, 6.07) is 8.65. The van der Waals surface area contributed by atoms with E-state index in [2.05, 4.69) is 10.5 Å². The summed E-state index contributed by atoms with van der Waals surface area (Å²) >= 11 is 5.90. The molecular weight excluding hydrogens is 280 g/mol. The number of aryl methyl sites for hydroxylation is 1. The van der Waals surface area contributed by atoms with Gasteiger partial charge in [-0.05, 0) is 42.8 Å². The number of carbonyl (C=O) groups is 1. The van der Waals surface area contributed by atoms with Crippen LogP contribution < -0.4 is 10.2 Å². The van der Waals surface area contributed by atoms with Crippen LogP contribution in [0.1, 0.15) is 11.3 Å². The fourth-order valence-electron chi connectivity index (χ4n) is 1.42. The molecule has 2 aromatic rings. The Kier molecular flexibility index (Phi) is 4.79. The Labute approximate surface area is 121 Å². The van der Waals surface area contributed by atoms with Crippen molar-refractivity contribution in [2.45, 2.75) is 6.92 Å². The Bertz CT molecular complexity index is 609. The van der Waals surface area contributed by atoms with E-state index in [4.69, 9.17) is 20.8 Å². The van der Waals surface area contributed by atoms with Gasteiger partial charge in [0.15, 0.2) is 6.61 Å². The molecule has 0 bridgehead atoms. The maximum atomic E-state index is 11.5. The molecule has 1 amide bonds. The number of hydrazone groups is 1. The molecule has 20 heavy (non-hydrogen) atoms. The first-order valence-electron chi connectivity index (χ1n) is 5.89. The van der Waals surface area contributed by atoms with Crippen molar-refractivity contribution in [1.82, 2.24) is 5.43 Å². The second kappa shape index (κ2) is 6.77. The van der Waals surface area contributed by atoms with E-state index in [-0.39, 0.29) is 12.5 Å². The van der Waals surface area contributed by atoms with Gasteiger partial charge in [0.1, 0.15) is 11.5 Å². The highest BCUT2D eigenvalue weighted by molar-refractivity contribution is 6.31. The van der Waals surface area contributed by atoms with Gasteiger partial charge in [0.2, 0.25) is 0 Å². The Morgan fingerprint density at radius 3 is 3.05 bits per heavy atom. The van der Waals surface area contributed by atoms with Crippen LogP contribution in [0.3, 0.4) is 0 Å². The molecule has 2 rings (SSSR count). The first-order chi connectivity index (χ1) is 9.65. The summed E-state index contributed by atoms with van der Waals surface area (Å²) in [6.07, 6.45) is 2.93. The molecule has 0 fully saturated rings. The zero-order valence-electron chi connectivity index (χ0n) is 10.8. The van der Waals surface area contributed by atoms with Gasteiger partial charge in [-0.25, -0.2) is 5.43 Å². The van der Waals surface area contributed by atoms with Gasteiger partial charge in [0.05, 0.1) is 12.5 Å². The number of rotatable bonds is 5. The van der Waals surface area contributed by atoms with Gasteiger partial charge >= 0.3 is 0 Å². The number of hydrogen-bond acceptors (Lipinski definition) is 4. The number of benzene rings is 1. The molecule has 1 aromatic carbocycles. The fraction of sp³-hybridized carbons (Fsp3) is 0.143. The van der Waals surface area contributed by atoms with E-state index >= 15 is 0 Å². The van der Waals surface area contributed by atoms with Crippen molar-refractivity contribution in [3.05, 3.63) is 52.9 Å². The van der Waals surface area contributed by atoms with Gasteiger partial charge in [-0.3, -0.25) is 4.79 Å². The van der Waals surface area contributed by atoms with Gasteiger partial charge < -0.3 is 9.15 Å². The maximum Gasteiger partial charge on any atom is 0.277 e. The largest absolute Gasteiger partial charge is 0.484 e. The summed E-state index contributed by atoms with van der Waals surface area (Å²) in [4.78, 5) is 11.5. The highest BCUT2D eigenvalue weighted by atomic mass is 35.5. The zero-order valence-corrected chi connectivity index (χ0v) is 11.6. The van der Waals surface area contributed by atoms with Crippen LogP contribution >= 0.6 is 11.6 Å². The number of furan rings is 1. The molecule has 0 aliphatic carbocycles. The van der Waals surface area contributed by atoms with Gasteiger partial charge in [-0.1, -0.05) is 11.6 Å². The normalized spacial score (nSPS) is 10.7. The molecular formula is C14H13ClN2O3. The summed E-state index contributed by atoms with van der Waals surface area (Å²) in [6.45, 7) is 1.74. The van der Waals surface area contributed by atoms with Crippen molar-refractivity contribution in [3.8, 4) is 5.75 Å². The first-order valence-corrected chi connectivity index (χ1v) is 6.27. The SMILES string of the molecule is Cc1cc(OCC(=O)N/N=C/c2ccco2)ccc1Cl. The quantitative estimate of drug-likeness (QED) is 0.681. The van der Waals surface area contributed by atoms with Crippen LogP contribution in [-0.4, -0.2) is 18.7 Å². The smallest absolute Gasteiger partial charge is 0.277 e. The number of nitrogens with zero attached hydrogens (tertiary/aromatic N) is 1. The van der Waals surface area contributed by atoms with Crippen LogP contribution in [0, 0.1) is 6.92 Å². The third-order valence-corrected chi connectivity index (χ3v) is 2.85. The Balaban J connectivity index is 1.78. The van der Waals surface area contributed by atoms with Gasteiger partial charge in [-0.15, -0.1) is 0 Å². The average Bonchev–Trinajstić information content (AvgIpc) is 2.93. The van der Waals surface area contributed by atoms with Gasteiger partial charge in [0.25, 0.3) is 5.91 Å². The summed E-state index contributed by atoms with van der Waals surface area (Å²) in [5.41, 5.74) is 3.23. The Hall–Kier alpha value is -2.27. The van der Waals surface area contributed by atoms with Crippen LogP contribution in [0.15, 0.2) is 46.1 Å². The number of nitrogens with one attached hydrogen (secondary N) is 1. The van der Waals surface area contributed by atoms with Crippen LogP contribution in [0.25, 0.3) is 0 Å². The monoisotopic (exact) mass is 292 g/mol. The van der Waals surface area contributed by atoms with Crippen molar-refractivity contribution < 1.29 is 13.9 Å². The highest BCUT2D eigenvalue weighted by Gasteiger charge is 2.03. The molecule has 5 nitrogen and oxygen atoms in total. The van der Waals surface area contributed by atoms with Crippen molar-refractivity contribution >= 4 is 23.7 Å². The molecule has 0 atom stereocenters. The number of carbonyl (C=O) groups excluding carboxylic acids is 1. The lowest BCUT2D eigenvalue weighted by Gasteiger charge is -2.06. The maximum absolute atomic E-state index is 11.5. The average molecular weight is 293 g/mol. The van der Waals surface area contributed by atoms with Crippen molar-refractivity contribution in [3.63, 3.8) is 0 Å². The third kappa shape index (κ3) is 4.13. The summed E-state index contributed by atoms with van der Waals surface area (Å²) in [5.74, 6) is 0.775. The predicted octanol–water partition coefficient (Wildman–Crippen LogP) is 2.77. The molecule has 0 saturated carbocycles. The van der Waals surface area contributed by atoms with E-state index in [1.54, 1.807) is 30.3 Å². The van der Waals surface area contributed by atoms with E-state index in [0.29, 0.717) is 16.5 Å². The van der Waals surface area contributed by atoms with Crippen molar-refractivity contribution in [2.75, 3.05) is 6.61 Å². The van der Waals surface area contributed by atoms with Crippen molar-refractivity contribution in [2.24, 2.45) is 5.10 Å². The fourth-order valence-corrected chi connectivity index (χ4v) is 1.54. The number of amides is 1. The molecule has 104 valence electrons. The Morgan fingerprint density at radius 1 is 1.50 bits per heavy atom. The molecule has 0 radical (unpaired) electrons. The van der Waals surface area contributed by atoms with E-state index in [0.717, 1.165) is 5.56 Å². The lowest BCUT2D eigenvalue weighted by atomic mass is 10.2. The predicted molar refractivity (Wildman–Crippen MR) is 76.1 cm³/mol. The Morgan fingerprint density at radius 2 is 2.35 bits per heavy atom. The summed E-state index contributed by atoms with van der Waals surface area (Å²) in [7, 11) is 0. The third-order valence-electron chi connectivity index (χ3n) is 2.42. The number of halogens is 1. The molecule has 1 heterocycles. The van der Waals surface area contributed by atoms with Crippen LogP contribution in [0.4, 0.5) is 0 Å². The minimum absolute atomic E-state index is 0.128. The lowest BCUT2D eigenvalue weighted by molar-refractivity contribution is -0.123. The van der Waals surface area contributed by atoms with Crippen molar-refractivity contribution in [1.29, 1.82) is 0 Å². The van der Waals surface area contributed by atoms with Crippen LogP contribution in [-0.2, 0) is 4.79 Å². The van der Waals surface area contributed by atoms with Gasteiger partial charge in [0, 0.05) is 5.02 Å². The van der Waals surface area contributed by atoms with E-state index in [1.807, 2.05) is 6.92 Å². The van der Waals surface area contributed by atoms with E-state index in [1.165, 1.54) is 12.5 Å². The topological polar surface area (TPSA) is 63.8 Å². The molecule has 0 aliphatic heterocycles. The van der Waals surface area contributed by atoms with E-state index in [9.17, 15) is 4.79 Å². The zero-order chi connectivity index (χ0) is 14.4. The second-order valence-electron chi connectivity index (χ2n) is 4.01. The number of ether oxygens (including phenoxy) is 1. The lowest BCUT2D eigenvalue weighted by Crippen LogP contribution is -2.24. The standard InChI is InChI=1S/C14H13ClN2O3/c1-10-7-11(4-5-13(10)15)20-9-14(18)17-16-8-12-3-2-6-19-12/h2-8H,9H2,1H3,(H,17,18)/b16-8+. The summed E-state index contributed by atoms with van der Waals surface area (Å²) in [5, 5.41) is 4.40. The minimum Gasteiger partial charge on any atom is -0.484 e. The van der Waals surface area contributed by atoms with Crippen LogP contribution in [0.5, 0.6) is 5.75 Å². The first kappa shape index (κ1) is 14.1. The second-order valence-corrected chi connectivity index (χ2v) is 4.42. The van der Waals surface area contributed by atoms with Crippen LogP contribution in [0.2, 0.25) is 5.02 Å². The summed E-state index contributed by atoms with van der Waals surface area (Å²) < 4.78 is 10.3. The molecule has 0 saturated heterocycles. The molecule has 6 heteroatoms. The molecule has 1 N–H and O–H groups in total. The molecule has 0 aliphatic rings. The minimum atomic E-state index is -0.361. The molecule has 0 unspecified atom stereocenters. The molecule has 0 spiro atoms. The number of hydrogen-bond donors (Lipinski definition) is 1. The van der Waals surface area contributed by atoms with Gasteiger partial charge in [-0.2, -0.15) is 5.10 Å². The van der Waals surface area contributed by atoms with E-state index < -0.39 is 0 Å². The highest BCUT2D eigenvalue weighted by Crippen LogP contribution is 2.20.